The average Bonchev–Trinajstić information content (AvgIpc) is 3.46. The number of hydrogen-bond donors (Lipinski definition) is 0. The highest BCUT2D eigenvalue weighted by atomic mass is 79.9. The molecule has 3 aliphatic rings. The maximum absolute atomic E-state index is 14.5. The van der Waals surface area contributed by atoms with Crippen molar-refractivity contribution in [3.8, 4) is 11.1 Å². The molecular formula is C38H43BrN6O3. The second-order valence-electron chi connectivity index (χ2n) is 14.2. The third-order valence-corrected chi connectivity index (χ3v) is 11.3. The van der Waals surface area contributed by atoms with Crippen molar-refractivity contribution in [3.05, 3.63) is 69.6 Å². The first kappa shape index (κ1) is 32.7. The van der Waals surface area contributed by atoms with Gasteiger partial charge in [0.25, 0.3) is 0 Å². The molecule has 5 heterocycles. The molecule has 0 N–H and O–H groups in total. The van der Waals surface area contributed by atoms with Crippen LogP contribution < -0.4 is 0 Å². The van der Waals surface area contributed by atoms with Crippen LogP contribution in [0.25, 0.3) is 22.0 Å². The predicted molar refractivity (Wildman–Crippen MR) is 188 cm³/mol. The minimum absolute atomic E-state index is 0.0105. The molecule has 10 heteroatoms. The third kappa shape index (κ3) is 6.35. The van der Waals surface area contributed by atoms with Crippen LogP contribution in [0.2, 0.25) is 0 Å². The number of hydrogen-bond acceptors (Lipinski definition) is 7. The second-order valence-corrected chi connectivity index (χ2v) is 15.0. The van der Waals surface area contributed by atoms with E-state index in [0.717, 1.165) is 77.4 Å². The van der Waals surface area contributed by atoms with E-state index in [1.165, 1.54) is 32.6 Å². The van der Waals surface area contributed by atoms with Crippen LogP contribution in [0.4, 0.5) is 0 Å². The Morgan fingerprint density at radius 2 is 1.69 bits per heavy atom. The lowest BCUT2D eigenvalue weighted by molar-refractivity contribution is -0.139. The third-order valence-electron chi connectivity index (χ3n) is 10.9. The van der Waals surface area contributed by atoms with Crippen LogP contribution in [0.15, 0.2) is 41.3 Å². The Balaban J connectivity index is 1.28. The number of halogens is 1. The maximum atomic E-state index is 14.5. The van der Waals surface area contributed by atoms with Gasteiger partial charge in [0.15, 0.2) is 11.6 Å². The number of aromatic nitrogens is 5. The molecule has 1 aromatic carbocycles. The van der Waals surface area contributed by atoms with Crippen LogP contribution in [-0.4, -0.2) is 59.2 Å². The van der Waals surface area contributed by atoms with Crippen LogP contribution in [-0.2, 0) is 29.0 Å². The number of rotatable bonds is 5. The van der Waals surface area contributed by atoms with E-state index < -0.39 is 6.04 Å². The quantitative estimate of drug-likeness (QED) is 0.158. The van der Waals surface area contributed by atoms with Gasteiger partial charge in [-0.25, -0.2) is 15.0 Å². The van der Waals surface area contributed by atoms with Crippen molar-refractivity contribution < 1.29 is 14.4 Å². The number of benzene rings is 1. The van der Waals surface area contributed by atoms with Crippen LogP contribution in [0.3, 0.4) is 0 Å². The Bertz CT molecular complexity index is 1900. The van der Waals surface area contributed by atoms with Crippen molar-refractivity contribution in [2.75, 3.05) is 0 Å². The molecule has 4 aromatic rings. The van der Waals surface area contributed by atoms with E-state index in [2.05, 4.69) is 36.9 Å². The molecule has 9 nitrogen and oxygen atoms in total. The summed E-state index contributed by atoms with van der Waals surface area (Å²) in [4.78, 5) is 56.9. The summed E-state index contributed by atoms with van der Waals surface area (Å²) in [5.74, 6) is 0.478. The number of nitrogens with zero attached hydrogens (tertiary/aromatic N) is 6. The van der Waals surface area contributed by atoms with Crippen molar-refractivity contribution in [2.45, 2.75) is 116 Å². The van der Waals surface area contributed by atoms with E-state index in [1.54, 1.807) is 4.68 Å². The first-order chi connectivity index (χ1) is 23.1. The lowest BCUT2D eigenvalue weighted by atomic mass is 9.90. The van der Waals surface area contributed by atoms with Crippen molar-refractivity contribution in [3.63, 3.8) is 0 Å². The Morgan fingerprint density at radius 3 is 2.44 bits per heavy atom. The number of ketones is 2. The van der Waals surface area contributed by atoms with Gasteiger partial charge in [0, 0.05) is 36.3 Å². The number of carbonyl (C=O) groups excluding carboxylic acids is 3. The smallest absolute Gasteiger partial charge is 0.245 e. The number of pyridine rings is 1. The van der Waals surface area contributed by atoms with Gasteiger partial charge in [-0.3, -0.25) is 19.1 Å². The molecule has 0 spiro atoms. The summed E-state index contributed by atoms with van der Waals surface area (Å²) in [6.07, 6.45) is 15.4. The van der Waals surface area contributed by atoms with Gasteiger partial charge in [-0.15, -0.1) is 0 Å². The summed E-state index contributed by atoms with van der Waals surface area (Å²) in [5.41, 5.74) is 5.77. The molecule has 1 saturated carbocycles. The van der Waals surface area contributed by atoms with Crippen molar-refractivity contribution in [2.24, 2.45) is 5.41 Å². The highest BCUT2D eigenvalue weighted by Gasteiger charge is 2.66. The van der Waals surface area contributed by atoms with Gasteiger partial charge >= 0.3 is 0 Å². The molecule has 3 atom stereocenters. The Hall–Kier alpha value is -3.79. The molecule has 2 fully saturated rings. The first-order valence-corrected chi connectivity index (χ1v) is 18.2. The molecule has 0 unspecified atom stereocenters. The number of aryl methyl sites for hydroxylation is 3. The van der Waals surface area contributed by atoms with Crippen LogP contribution in [0.1, 0.15) is 104 Å². The molecule has 250 valence electrons. The molecule has 1 saturated heterocycles. The number of carbonyl (C=O) groups is 3. The van der Waals surface area contributed by atoms with E-state index in [0.29, 0.717) is 22.5 Å². The van der Waals surface area contributed by atoms with Crippen LogP contribution in [0.5, 0.6) is 0 Å². The van der Waals surface area contributed by atoms with Gasteiger partial charge in [0.1, 0.15) is 22.7 Å². The largest absolute Gasteiger partial charge is 0.327 e. The van der Waals surface area contributed by atoms with Gasteiger partial charge in [-0.1, -0.05) is 44.6 Å². The van der Waals surface area contributed by atoms with E-state index in [1.807, 2.05) is 49.3 Å². The molecular weight excluding hydrogens is 668 g/mol. The van der Waals surface area contributed by atoms with Gasteiger partial charge in [-0.2, -0.15) is 5.10 Å². The first-order valence-electron chi connectivity index (χ1n) is 17.4. The Morgan fingerprint density at radius 1 is 0.958 bits per heavy atom. The van der Waals surface area contributed by atoms with Gasteiger partial charge < -0.3 is 4.90 Å². The second kappa shape index (κ2) is 13.3. The zero-order valence-electron chi connectivity index (χ0n) is 28.1. The normalized spacial score (nSPS) is 23.2. The summed E-state index contributed by atoms with van der Waals surface area (Å²) < 4.78 is 2.43. The van der Waals surface area contributed by atoms with Crippen molar-refractivity contribution in [1.82, 2.24) is 29.6 Å². The van der Waals surface area contributed by atoms with Crippen molar-refractivity contribution >= 4 is 44.3 Å². The topological polar surface area (TPSA) is 111 Å². The SMILES string of the molecule is CC(=O)c1nn2c3c(cc(-c4cnc(C)nc4)cc13)CCCCCCCCC[C@@]13C[C@@H](C(=O)Cc4nc(Br)ccc4C)N(C(=O)C2)[C@@H]1C3. The fourth-order valence-electron chi connectivity index (χ4n) is 8.20. The molecule has 7 rings (SSSR count). The van der Waals surface area contributed by atoms with Crippen LogP contribution >= 0.6 is 15.9 Å². The fourth-order valence-corrected chi connectivity index (χ4v) is 8.54. The van der Waals surface area contributed by atoms with E-state index in [-0.39, 0.29) is 41.9 Å². The molecule has 2 aliphatic heterocycles. The van der Waals surface area contributed by atoms with Crippen LogP contribution in [0, 0.1) is 19.3 Å². The summed E-state index contributed by atoms with van der Waals surface area (Å²) in [5, 5.41) is 5.55. The molecule has 48 heavy (non-hydrogen) atoms. The van der Waals surface area contributed by atoms with Gasteiger partial charge in [0.05, 0.1) is 23.7 Å². The predicted octanol–water partition coefficient (Wildman–Crippen LogP) is 7.32. The zero-order chi connectivity index (χ0) is 33.6. The standard InChI is InChI=1S/C38H43BrN6O3/c1-23-12-13-34(39)42-30(23)17-32(47)31-18-38-14-10-8-6-4-5-7-9-11-26-15-27(28-20-40-25(3)41-21-28)16-29-36(24(2)46)43-44(37(26)29)22-35(48)45(31)33(38)19-38/h12-13,15-16,20-21,31,33H,4-11,14,17-19,22H2,1-3H3/t31-,33+,38-/m0/s1. The maximum Gasteiger partial charge on any atom is 0.245 e. The average molecular weight is 712 g/mol. The summed E-state index contributed by atoms with van der Waals surface area (Å²) in [7, 11) is 0. The highest BCUT2D eigenvalue weighted by Crippen LogP contribution is 2.62. The van der Waals surface area contributed by atoms with E-state index in [4.69, 9.17) is 5.10 Å². The summed E-state index contributed by atoms with van der Waals surface area (Å²) in [6, 6.07) is 7.56. The molecule has 0 radical (unpaired) electrons. The summed E-state index contributed by atoms with van der Waals surface area (Å²) in [6.45, 7) is 5.34. The number of piperidine rings is 1. The minimum Gasteiger partial charge on any atom is -0.327 e. The number of Topliss-reactive ketones (excluding diaryl/α,β-unsaturated/α-hetero) is 2. The zero-order valence-corrected chi connectivity index (χ0v) is 29.7. The Labute approximate surface area is 290 Å². The fraction of sp³-hybridized carbons (Fsp3) is 0.500. The van der Waals surface area contributed by atoms with Crippen molar-refractivity contribution in [1.29, 1.82) is 0 Å². The monoisotopic (exact) mass is 710 g/mol. The molecule has 3 aromatic heterocycles. The van der Waals surface area contributed by atoms with Gasteiger partial charge in [0.2, 0.25) is 5.91 Å². The molecule has 2 bridgehead atoms. The summed E-state index contributed by atoms with van der Waals surface area (Å²) >= 11 is 3.45. The van der Waals surface area contributed by atoms with E-state index in [9.17, 15) is 14.4 Å². The van der Waals surface area contributed by atoms with E-state index >= 15 is 0 Å². The lowest BCUT2D eigenvalue weighted by Crippen LogP contribution is -2.45. The Kier molecular flexibility index (Phi) is 9.04. The lowest BCUT2D eigenvalue weighted by Gasteiger charge is -2.27. The molecule has 1 aliphatic carbocycles. The molecule has 1 amide bonds. The minimum atomic E-state index is -0.489. The highest BCUT2D eigenvalue weighted by molar-refractivity contribution is 9.10. The van der Waals surface area contributed by atoms with Gasteiger partial charge in [-0.05, 0) is 102 Å². The number of amides is 1.